The smallest absolute Gasteiger partial charge is 0.0255 e. The summed E-state index contributed by atoms with van der Waals surface area (Å²) in [5.74, 6) is 2.13. The molecule has 0 aromatic heterocycles. The van der Waals surface area contributed by atoms with E-state index in [1.807, 2.05) is 0 Å². The summed E-state index contributed by atoms with van der Waals surface area (Å²) in [4.78, 5) is 0. The highest BCUT2D eigenvalue weighted by Gasteiger charge is 2.16. The standard InChI is InChI=1S/C21H42/c1-8-9-10-11-12-13-14-15-16-20(17(2)3)21(18(4)5)19(6)7/h17-19H,8-16H2,1-7H3. The van der Waals surface area contributed by atoms with Gasteiger partial charge in [-0.25, -0.2) is 0 Å². The van der Waals surface area contributed by atoms with Crippen LogP contribution in [0.1, 0.15) is 106 Å². The Labute approximate surface area is 135 Å². The van der Waals surface area contributed by atoms with Crippen LogP contribution >= 0.6 is 0 Å². The van der Waals surface area contributed by atoms with Crippen molar-refractivity contribution in [3.8, 4) is 0 Å². The highest BCUT2D eigenvalue weighted by molar-refractivity contribution is 5.20. The summed E-state index contributed by atoms with van der Waals surface area (Å²) in [7, 11) is 0. The molecule has 0 heteroatoms. The molecule has 0 aliphatic heterocycles. The summed E-state index contributed by atoms with van der Waals surface area (Å²) >= 11 is 0. The molecule has 0 nitrogen and oxygen atoms in total. The third-order valence-electron chi connectivity index (χ3n) is 4.61. The zero-order valence-electron chi connectivity index (χ0n) is 16.1. The van der Waals surface area contributed by atoms with E-state index in [-0.39, 0.29) is 0 Å². The van der Waals surface area contributed by atoms with Crippen molar-refractivity contribution in [2.45, 2.75) is 106 Å². The van der Waals surface area contributed by atoms with Crippen LogP contribution in [0.3, 0.4) is 0 Å². The molecule has 0 radical (unpaired) electrons. The van der Waals surface area contributed by atoms with E-state index in [9.17, 15) is 0 Å². The predicted octanol–water partition coefficient (Wildman–Crippen LogP) is 7.78. The van der Waals surface area contributed by atoms with Gasteiger partial charge in [0.15, 0.2) is 0 Å². The van der Waals surface area contributed by atoms with E-state index in [4.69, 9.17) is 0 Å². The quantitative estimate of drug-likeness (QED) is 0.254. The first-order valence-electron chi connectivity index (χ1n) is 9.64. The summed E-state index contributed by atoms with van der Waals surface area (Å²) in [6, 6.07) is 0. The maximum Gasteiger partial charge on any atom is -0.0255 e. The Balaban J connectivity index is 4.20. The van der Waals surface area contributed by atoms with Gasteiger partial charge in [0.05, 0.1) is 0 Å². The second-order valence-corrected chi connectivity index (χ2v) is 7.67. The topological polar surface area (TPSA) is 0 Å². The van der Waals surface area contributed by atoms with Crippen LogP contribution in [-0.4, -0.2) is 0 Å². The molecule has 0 unspecified atom stereocenters. The lowest BCUT2D eigenvalue weighted by atomic mass is 9.81. The molecule has 0 bridgehead atoms. The first-order chi connectivity index (χ1) is 9.91. The second-order valence-electron chi connectivity index (χ2n) is 7.67. The molecule has 0 spiro atoms. The van der Waals surface area contributed by atoms with Crippen molar-refractivity contribution in [2.75, 3.05) is 0 Å². The summed E-state index contributed by atoms with van der Waals surface area (Å²) in [6.45, 7) is 16.5. The summed E-state index contributed by atoms with van der Waals surface area (Å²) in [5, 5.41) is 0. The van der Waals surface area contributed by atoms with Gasteiger partial charge in [-0.3, -0.25) is 0 Å². The molecular formula is C21H42. The van der Waals surface area contributed by atoms with E-state index >= 15 is 0 Å². The molecule has 0 fully saturated rings. The van der Waals surface area contributed by atoms with Crippen LogP contribution in [0.4, 0.5) is 0 Å². The Morgan fingerprint density at radius 1 is 0.571 bits per heavy atom. The van der Waals surface area contributed by atoms with E-state index in [0.717, 1.165) is 0 Å². The van der Waals surface area contributed by atoms with Crippen LogP contribution in [0.2, 0.25) is 0 Å². The van der Waals surface area contributed by atoms with Crippen molar-refractivity contribution >= 4 is 0 Å². The lowest BCUT2D eigenvalue weighted by Gasteiger charge is -2.24. The second kappa shape index (κ2) is 12.3. The maximum atomic E-state index is 2.38. The Kier molecular flexibility index (Phi) is 12.1. The van der Waals surface area contributed by atoms with Crippen molar-refractivity contribution in [2.24, 2.45) is 17.8 Å². The Morgan fingerprint density at radius 3 is 1.38 bits per heavy atom. The van der Waals surface area contributed by atoms with Crippen LogP contribution in [0.5, 0.6) is 0 Å². The highest BCUT2D eigenvalue weighted by atomic mass is 14.2. The molecule has 0 heterocycles. The molecule has 0 N–H and O–H groups in total. The van der Waals surface area contributed by atoms with Crippen LogP contribution in [0.25, 0.3) is 0 Å². The number of hydrogen-bond acceptors (Lipinski definition) is 0. The van der Waals surface area contributed by atoms with E-state index in [0.29, 0.717) is 17.8 Å². The van der Waals surface area contributed by atoms with Crippen LogP contribution in [-0.2, 0) is 0 Å². The summed E-state index contributed by atoms with van der Waals surface area (Å²) in [5.41, 5.74) is 3.49. The fourth-order valence-corrected chi connectivity index (χ4v) is 3.62. The molecule has 0 aromatic rings. The van der Waals surface area contributed by atoms with E-state index in [1.54, 1.807) is 11.1 Å². The van der Waals surface area contributed by atoms with Crippen molar-refractivity contribution in [3.05, 3.63) is 11.1 Å². The lowest BCUT2D eigenvalue weighted by Crippen LogP contribution is -2.10. The van der Waals surface area contributed by atoms with Gasteiger partial charge in [0, 0.05) is 0 Å². The van der Waals surface area contributed by atoms with Gasteiger partial charge in [0.1, 0.15) is 0 Å². The van der Waals surface area contributed by atoms with Gasteiger partial charge >= 0.3 is 0 Å². The molecule has 0 aliphatic rings. The number of unbranched alkanes of at least 4 members (excludes halogenated alkanes) is 7. The van der Waals surface area contributed by atoms with Gasteiger partial charge in [0.2, 0.25) is 0 Å². The number of allylic oxidation sites excluding steroid dienone is 2. The van der Waals surface area contributed by atoms with Gasteiger partial charge in [-0.05, 0) is 30.6 Å². The lowest BCUT2D eigenvalue weighted by molar-refractivity contribution is 0.541. The number of rotatable bonds is 12. The predicted molar refractivity (Wildman–Crippen MR) is 98.8 cm³/mol. The van der Waals surface area contributed by atoms with Gasteiger partial charge in [-0.15, -0.1) is 0 Å². The van der Waals surface area contributed by atoms with E-state index in [1.165, 1.54) is 57.8 Å². The number of hydrogen-bond donors (Lipinski definition) is 0. The fraction of sp³-hybridized carbons (Fsp3) is 0.905. The zero-order chi connectivity index (χ0) is 16.3. The van der Waals surface area contributed by atoms with E-state index in [2.05, 4.69) is 48.5 Å². The minimum Gasteiger partial charge on any atom is -0.0679 e. The molecular weight excluding hydrogens is 252 g/mol. The van der Waals surface area contributed by atoms with Gasteiger partial charge in [-0.2, -0.15) is 0 Å². The van der Waals surface area contributed by atoms with Crippen molar-refractivity contribution in [1.29, 1.82) is 0 Å². The molecule has 0 atom stereocenters. The minimum atomic E-state index is 0.705. The van der Waals surface area contributed by atoms with Gasteiger partial charge < -0.3 is 0 Å². The van der Waals surface area contributed by atoms with Crippen LogP contribution < -0.4 is 0 Å². The third-order valence-corrected chi connectivity index (χ3v) is 4.61. The van der Waals surface area contributed by atoms with E-state index < -0.39 is 0 Å². The summed E-state index contributed by atoms with van der Waals surface area (Å²) < 4.78 is 0. The molecule has 0 rings (SSSR count). The van der Waals surface area contributed by atoms with Gasteiger partial charge in [0.25, 0.3) is 0 Å². The van der Waals surface area contributed by atoms with Crippen molar-refractivity contribution in [1.82, 2.24) is 0 Å². The maximum absolute atomic E-state index is 2.38. The van der Waals surface area contributed by atoms with Crippen molar-refractivity contribution in [3.63, 3.8) is 0 Å². The first-order valence-corrected chi connectivity index (χ1v) is 9.64. The molecule has 0 saturated carbocycles. The Hall–Kier alpha value is -0.260. The van der Waals surface area contributed by atoms with Crippen molar-refractivity contribution < 1.29 is 0 Å². The average Bonchev–Trinajstić information content (AvgIpc) is 2.39. The SMILES string of the molecule is CCCCCCCCCCC(=C(C(C)C)C(C)C)C(C)C. The largest absolute Gasteiger partial charge is 0.0679 e. The van der Waals surface area contributed by atoms with Gasteiger partial charge in [-0.1, -0.05) is 105 Å². The Morgan fingerprint density at radius 2 is 1.00 bits per heavy atom. The molecule has 126 valence electrons. The fourth-order valence-electron chi connectivity index (χ4n) is 3.62. The molecule has 0 amide bonds. The third kappa shape index (κ3) is 9.38. The molecule has 21 heavy (non-hydrogen) atoms. The zero-order valence-corrected chi connectivity index (χ0v) is 16.1. The summed E-state index contributed by atoms with van der Waals surface area (Å²) in [6.07, 6.45) is 12.7. The molecule has 0 aliphatic carbocycles. The average molecular weight is 295 g/mol. The monoisotopic (exact) mass is 294 g/mol. The van der Waals surface area contributed by atoms with Crippen LogP contribution in [0.15, 0.2) is 11.1 Å². The molecule has 0 saturated heterocycles. The highest BCUT2D eigenvalue weighted by Crippen LogP contribution is 2.31. The Bertz CT molecular complexity index is 258. The molecule has 0 aromatic carbocycles. The normalized spacial score (nSPS) is 11.7. The van der Waals surface area contributed by atoms with Crippen LogP contribution in [0, 0.1) is 17.8 Å². The minimum absolute atomic E-state index is 0.705. The first kappa shape index (κ1) is 20.7.